The molecule has 1 aliphatic rings. The fourth-order valence-corrected chi connectivity index (χ4v) is 2.90. The molecule has 0 spiro atoms. The molecule has 0 radical (unpaired) electrons. The molecule has 3 rings (SSSR count). The summed E-state index contributed by atoms with van der Waals surface area (Å²) in [6.07, 6.45) is 3.98. The van der Waals surface area contributed by atoms with Crippen LogP contribution >= 0.6 is 0 Å². The van der Waals surface area contributed by atoms with E-state index in [1.807, 2.05) is 12.1 Å². The standard InChI is InChI=1S/C16H22N2O/c1-18(11-14-7-4-5-9-17-14)12-15-10-13-6-2-3-8-16(13)19-15/h2-3,6,8,10,14,17H,4-5,7,9,11-12H2,1H3. The molecule has 1 aliphatic heterocycles. The molecule has 2 aromatic rings. The van der Waals surface area contributed by atoms with E-state index in [0.717, 1.165) is 24.4 Å². The summed E-state index contributed by atoms with van der Waals surface area (Å²) in [5, 5.41) is 4.79. The second kappa shape index (κ2) is 5.76. The van der Waals surface area contributed by atoms with Gasteiger partial charge < -0.3 is 9.73 Å². The first-order chi connectivity index (χ1) is 9.31. The molecule has 1 aromatic carbocycles. The number of nitrogens with one attached hydrogen (secondary N) is 1. The second-order valence-corrected chi connectivity index (χ2v) is 5.59. The molecule has 1 fully saturated rings. The first-order valence-corrected chi connectivity index (χ1v) is 7.20. The number of rotatable bonds is 4. The lowest BCUT2D eigenvalue weighted by atomic mass is 10.0. The summed E-state index contributed by atoms with van der Waals surface area (Å²) >= 11 is 0. The molecule has 2 heterocycles. The fraction of sp³-hybridized carbons (Fsp3) is 0.500. The van der Waals surface area contributed by atoms with Gasteiger partial charge in [-0.25, -0.2) is 0 Å². The number of para-hydroxylation sites is 1. The number of hydrogen-bond donors (Lipinski definition) is 1. The number of fused-ring (bicyclic) bond motifs is 1. The van der Waals surface area contributed by atoms with Crippen molar-refractivity contribution in [1.29, 1.82) is 0 Å². The van der Waals surface area contributed by atoms with Gasteiger partial charge in [-0.15, -0.1) is 0 Å². The third-order valence-corrected chi connectivity index (χ3v) is 3.85. The molecule has 0 amide bonds. The minimum absolute atomic E-state index is 0.642. The predicted octanol–water partition coefficient (Wildman–Crippen LogP) is 3.01. The third-order valence-electron chi connectivity index (χ3n) is 3.85. The number of hydrogen-bond acceptors (Lipinski definition) is 3. The lowest BCUT2D eigenvalue weighted by molar-refractivity contribution is 0.243. The monoisotopic (exact) mass is 258 g/mol. The van der Waals surface area contributed by atoms with Gasteiger partial charge in [-0.05, 0) is 38.6 Å². The molecule has 1 unspecified atom stereocenters. The Morgan fingerprint density at radius 2 is 2.21 bits per heavy atom. The van der Waals surface area contributed by atoms with Crippen molar-refractivity contribution < 1.29 is 4.42 Å². The highest BCUT2D eigenvalue weighted by Gasteiger charge is 2.15. The van der Waals surface area contributed by atoms with Crippen LogP contribution in [0.3, 0.4) is 0 Å². The van der Waals surface area contributed by atoms with Gasteiger partial charge in [-0.2, -0.15) is 0 Å². The van der Waals surface area contributed by atoms with Crippen LogP contribution in [0, 0.1) is 0 Å². The van der Waals surface area contributed by atoms with Gasteiger partial charge in [0.2, 0.25) is 0 Å². The van der Waals surface area contributed by atoms with E-state index in [0.29, 0.717) is 6.04 Å². The van der Waals surface area contributed by atoms with Crippen molar-refractivity contribution >= 4 is 11.0 Å². The summed E-state index contributed by atoms with van der Waals surface area (Å²) in [6, 6.07) is 11.0. The quantitative estimate of drug-likeness (QED) is 0.914. The summed E-state index contributed by atoms with van der Waals surface area (Å²) in [4.78, 5) is 2.35. The maximum Gasteiger partial charge on any atom is 0.134 e. The van der Waals surface area contributed by atoms with Gasteiger partial charge in [0, 0.05) is 18.0 Å². The van der Waals surface area contributed by atoms with Crippen molar-refractivity contribution in [2.75, 3.05) is 20.1 Å². The lowest BCUT2D eigenvalue weighted by Gasteiger charge is -2.27. The normalized spacial score (nSPS) is 20.2. The Morgan fingerprint density at radius 1 is 1.32 bits per heavy atom. The molecular formula is C16H22N2O. The van der Waals surface area contributed by atoms with E-state index >= 15 is 0 Å². The van der Waals surface area contributed by atoms with Gasteiger partial charge in [-0.3, -0.25) is 4.90 Å². The van der Waals surface area contributed by atoms with E-state index < -0.39 is 0 Å². The number of benzene rings is 1. The van der Waals surface area contributed by atoms with Crippen LogP contribution in [-0.2, 0) is 6.54 Å². The molecule has 3 heteroatoms. The minimum atomic E-state index is 0.642. The van der Waals surface area contributed by atoms with Crippen LogP contribution < -0.4 is 5.32 Å². The third kappa shape index (κ3) is 3.17. The van der Waals surface area contributed by atoms with Crippen LogP contribution in [0.5, 0.6) is 0 Å². The molecule has 1 aromatic heterocycles. The lowest BCUT2D eigenvalue weighted by Crippen LogP contribution is -2.42. The van der Waals surface area contributed by atoms with Crippen molar-refractivity contribution in [2.24, 2.45) is 0 Å². The van der Waals surface area contributed by atoms with E-state index in [1.165, 1.54) is 31.2 Å². The number of furan rings is 1. The van der Waals surface area contributed by atoms with E-state index in [9.17, 15) is 0 Å². The summed E-state index contributed by atoms with van der Waals surface area (Å²) in [5.74, 6) is 1.06. The van der Waals surface area contributed by atoms with Crippen molar-refractivity contribution in [3.8, 4) is 0 Å². The van der Waals surface area contributed by atoms with Gasteiger partial charge >= 0.3 is 0 Å². The molecule has 0 bridgehead atoms. The molecule has 1 atom stereocenters. The molecule has 19 heavy (non-hydrogen) atoms. The first kappa shape index (κ1) is 12.7. The maximum absolute atomic E-state index is 5.87. The van der Waals surface area contributed by atoms with Crippen LogP contribution in [0.1, 0.15) is 25.0 Å². The Bertz CT molecular complexity index is 495. The van der Waals surface area contributed by atoms with Crippen LogP contribution in [0.2, 0.25) is 0 Å². The molecule has 102 valence electrons. The molecule has 1 N–H and O–H groups in total. The Balaban J connectivity index is 1.60. The topological polar surface area (TPSA) is 28.4 Å². The summed E-state index contributed by atoms with van der Waals surface area (Å²) in [7, 11) is 2.17. The SMILES string of the molecule is CN(Cc1cc2ccccc2o1)CC1CCCCN1. The smallest absolute Gasteiger partial charge is 0.134 e. The molecule has 0 saturated carbocycles. The zero-order valence-corrected chi connectivity index (χ0v) is 11.6. The van der Waals surface area contributed by atoms with Crippen molar-refractivity contribution in [3.63, 3.8) is 0 Å². The van der Waals surface area contributed by atoms with Crippen molar-refractivity contribution in [1.82, 2.24) is 10.2 Å². The zero-order valence-electron chi connectivity index (χ0n) is 11.6. The number of piperidine rings is 1. The average Bonchev–Trinajstić information content (AvgIpc) is 2.81. The highest BCUT2D eigenvalue weighted by atomic mass is 16.3. The fourth-order valence-electron chi connectivity index (χ4n) is 2.90. The Kier molecular flexibility index (Phi) is 3.85. The summed E-state index contributed by atoms with van der Waals surface area (Å²) < 4.78 is 5.87. The highest BCUT2D eigenvalue weighted by Crippen LogP contribution is 2.20. The van der Waals surface area contributed by atoms with Crippen LogP contribution in [-0.4, -0.2) is 31.1 Å². The molecular weight excluding hydrogens is 236 g/mol. The molecule has 3 nitrogen and oxygen atoms in total. The van der Waals surface area contributed by atoms with Crippen LogP contribution in [0.4, 0.5) is 0 Å². The van der Waals surface area contributed by atoms with Gasteiger partial charge in [-0.1, -0.05) is 24.6 Å². The van der Waals surface area contributed by atoms with Gasteiger partial charge in [0.05, 0.1) is 6.54 Å². The van der Waals surface area contributed by atoms with Crippen molar-refractivity contribution in [2.45, 2.75) is 31.8 Å². The molecule has 1 saturated heterocycles. The minimum Gasteiger partial charge on any atom is -0.460 e. The predicted molar refractivity (Wildman–Crippen MR) is 78.2 cm³/mol. The van der Waals surface area contributed by atoms with Crippen LogP contribution in [0.15, 0.2) is 34.7 Å². The summed E-state index contributed by atoms with van der Waals surface area (Å²) in [5.41, 5.74) is 0.988. The van der Waals surface area contributed by atoms with E-state index in [4.69, 9.17) is 4.42 Å². The largest absolute Gasteiger partial charge is 0.460 e. The highest BCUT2D eigenvalue weighted by molar-refractivity contribution is 5.77. The Morgan fingerprint density at radius 3 is 3.00 bits per heavy atom. The van der Waals surface area contributed by atoms with E-state index in [1.54, 1.807) is 0 Å². The Labute approximate surface area is 114 Å². The second-order valence-electron chi connectivity index (χ2n) is 5.59. The van der Waals surface area contributed by atoms with E-state index in [2.05, 4.69) is 35.5 Å². The zero-order chi connectivity index (χ0) is 13.1. The van der Waals surface area contributed by atoms with E-state index in [-0.39, 0.29) is 0 Å². The van der Waals surface area contributed by atoms with Gasteiger partial charge in [0.1, 0.15) is 11.3 Å². The van der Waals surface area contributed by atoms with Gasteiger partial charge in [0.15, 0.2) is 0 Å². The van der Waals surface area contributed by atoms with Crippen LogP contribution in [0.25, 0.3) is 11.0 Å². The van der Waals surface area contributed by atoms with Crippen molar-refractivity contribution in [3.05, 3.63) is 36.1 Å². The average molecular weight is 258 g/mol. The van der Waals surface area contributed by atoms with Gasteiger partial charge in [0.25, 0.3) is 0 Å². The first-order valence-electron chi connectivity index (χ1n) is 7.20. The summed E-state index contributed by atoms with van der Waals surface area (Å²) in [6.45, 7) is 3.15. The number of nitrogens with zero attached hydrogens (tertiary/aromatic N) is 1. The molecule has 0 aliphatic carbocycles. The number of likely N-dealkylation sites (N-methyl/N-ethyl adjacent to an activating group) is 1. The maximum atomic E-state index is 5.87. The Hall–Kier alpha value is -1.32.